The molecule has 0 spiro atoms. The van der Waals surface area contributed by atoms with Gasteiger partial charge in [-0.1, -0.05) is 6.07 Å². The van der Waals surface area contributed by atoms with Gasteiger partial charge in [0.05, 0.1) is 12.5 Å². The van der Waals surface area contributed by atoms with Crippen molar-refractivity contribution >= 4 is 11.9 Å². The van der Waals surface area contributed by atoms with E-state index in [0.29, 0.717) is 24.9 Å². The molecule has 0 radical (unpaired) electrons. The van der Waals surface area contributed by atoms with Gasteiger partial charge < -0.3 is 10.0 Å². The van der Waals surface area contributed by atoms with Crippen LogP contribution in [0, 0.1) is 24.0 Å². The van der Waals surface area contributed by atoms with Crippen LogP contribution in [0.3, 0.4) is 0 Å². The number of aryl methyl sites for hydroxylation is 1. The number of carbonyl (C=O) groups excluding carboxylic acids is 1. The molecule has 1 atom stereocenters. The van der Waals surface area contributed by atoms with Gasteiger partial charge in [0.2, 0.25) is 5.91 Å². The number of benzene rings is 1. The topological polar surface area (TPSA) is 57.6 Å². The molecule has 1 amide bonds. The number of hydrogen-bond acceptors (Lipinski definition) is 2. The number of nitrogens with zero attached hydrogens (tertiary/aromatic N) is 1. The van der Waals surface area contributed by atoms with E-state index in [-0.39, 0.29) is 24.3 Å². The Labute approximate surface area is 139 Å². The van der Waals surface area contributed by atoms with Gasteiger partial charge in [-0.2, -0.15) is 0 Å². The molecule has 1 N–H and O–H groups in total. The highest BCUT2D eigenvalue weighted by atomic mass is 19.1. The lowest BCUT2D eigenvalue weighted by molar-refractivity contribution is -0.139. The molecule has 4 nitrogen and oxygen atoms in total. The average Bonchev–Trinajstić information content (AvgIpc) is 3.07. The summed E-state index contributed by atoms with van der Waals surface area (Å²) in [5.41, 5.74) is -0.140. The molecule has 0 bridgehead atoms. The molecule has 1 aromatic rings. The summed E-state index contributed by atoms with van der Waals surface area (Å²) < 4.78 is 28.6. The van der Waals surface area contributed by atoms with E-state index in [2.05, 4.69) is 0 Å². The number of likely N-dealkylation sites (tertiary alicyclic amines) is 1. The summed E-state index contributed by atoms with van der Waals surface area (Å²) >= 11 is 0. The summed E-state index contributed by atoms with van der Waals surface area (Å²) in [5.74, 6) is -2.33. The first-order valence-corrected chi connectivity index (χ1v) is 8.29. The van der Waals surface area contributed by atoms with Crippen LogP contribution >= 0.6 is 0 Å². The maximum atomic E-state index is 14.4. The van der Waals surface area contributed by atoms with Crippen LogP contribution in [-0.4, -0.2) is 28.4 Å². The third kappa shape index (κ3) is 3.14. The molecule has 24 heavy (non-hydrogen) atoms. The lowest BCUT2D eigenvalue weighted by Gasteiger charge is -2.27. The number of carbonyl (C=O) groups is 2. The van der Waals surface area contributed by atoms with Gasteiger partial charge in [0.1, 0.15) is 11.6 Å². The van der Waals surface area contributed by atoms with Crippen LogP contribution in [0.1, 0.15) is 55.7 Å². The maximum absolute atomic E-state index is 14.4. The van der Waals surface area contributed by atoms with Crippen LogP contribution in [0.25, 0.3) is 0 Å². The van der Waals surface area contributed by atoms with Gasteiger partial charge in [0, 0.05) is 18.5 Å². The molecule has 1 aliphatic carbocycles. The van der Waals surface area contributed by atoms with Crippen molar-refractivity contribution in [2.24, 2.45) is 5.41 Å². The lowest BCUT2D eigenvalue weighted by atomic mass is 9.96. The zero-order chi connectivity index (χ0) is 17.5. The van der Waals surface area contributed by atoms with Crippen LogP contribution in [-0.2, 0) is 9.59 Å². The van der Waals surface area contributed by atoms with E-state index >= 15 is 0 Å². The molecule has 3 rings (SSSR count). The van der Waals surface area contributed by atoms with Crippen LogP contribution in [0.15, 0.2) is 12.1 Å². The largest absolute Gasteiger partial charge is 0.481 e. The van der Waals surface area contributed by atoms with Crippen LogP contribution < -0.4 is 0 Å². The van der Waals surface area contributed by atoms with Crippen molar-refractivity contribution < 1.29 is 23.5 Å². The van der Waals surface area contributed by atoms with Gasteiger partial charge in [-0.25, -0.2) is 8.78 Å². The molecule has 1 aliphatic heterocycles. The monoisotopic (exact) mass is 337 g/mol. The molecule has 1 saturated heterocycles. The number of aliphatic carboxylic acids is 1. The number of carboxylic acids is 1. The van der Waals surface area contributed by atoms with Gasteiger partial charge >= 0.3 is 5.97 Å². The Morgan fingerprint density at radius 1 is 1.29 bits per heavy atom. The maximum Gasteiger partial charge on any atom is 0.303 e. The summed E-state index contributed by atoms with van der Waals surface area (Å²) in [4.78, 5) is 25.1. The molecule has 2 fully saturated rings. The summed E-state index contributed by atoms with van der Waals surface area (Å²) in [6.07, 6.45) is 2.77. The van der Waals surface area contributed by atoms with Gasteiger partial charge in [-0.15, -0.1) is 0 Å². The van der Waals surface area contributed by atoms with E-state index in [1.165, 1.54) is 17.0 Å². The Kier molecular flexibility index (Phi) is 4.32. The summed E-state index contributed by atoms with van der Waals surface area (Å²) in [7, 11) is 0. The molecule has 6 heteroatoms. The average molecular weight is 337 g/mol. The Hall–Kier alpha value is -1.98. The quantitative estimate of drug-likeness (QED) is 0.893. The third-order valence-electron chi connectivity index (χ3n) is 5.24. The van der Waals surface area contributed by atoms with Gasteiger partial charge in [-0.05, 0) is 49.7 Å². The van der Waals surface area contributed by atoms with E-state index < -0.39 is 29.1 Å². The van der Waals surface area contributed by atoms with E-state index in [1.54, 1.807) is 6.92 Å². The van der Waals surface area contributed by atoms with Crippen molar-refractivity contribution in [3.8, 4) is 0 Å². The number of halogens is 2. The smallest absolute Gasteiger partial charge is 0.303 e. The first-order chi connectivity index (χ1) is 11.3. The molecule has 130 valence electrons. The summed E-state index contributed by atoms with van der Waals surface area (Å²) in [5, 5.41) is 8.98. The Morgan fingerprint density at radius 3 is 2.62 bits per heavy atom. The van der Waals surface area contributed by atoms with Crippen LogP contribution in [0.4, 0.5) is 8.78 Å². The van der Waals surface area contributed by atoms with Crippen molar-refractivity contribution in [1.29, 1.82) is 0 Å². The zero-order valence-electron chi connectivity index (χ0n) is 13.6. The van der Waals surface area contributed by atoms with Gasteiger partial charge in [0.25, 0.3) is 0 Å². The predicted octanol–water partition coefficient (Wildman–Crippen LogP) is 3.58. The van der Waals surface area contributed by atoms with Gasteiger partial charge in [-0.3, -0.25) is 9.59 Å². The first-order valence-electron chi connectivity index (χ1n) is 8.29. The summed E-state index contributed by atoms with van der Waals surface area (Å²) in [6.45, 7) is 2.03. The SMILES string of the molecule is Cc1ccc(F)c(C2CCCN2C(=O)CC2(CC(=O)O)CC2)c1F. The fraction of sp³-hybridized carbons (Fsp3) is 0.556. The molecule has 1 heterocycles. The molecule has 1 aromatic carbocycles. The molecule has 1 saturated carbocycles. The van der Waals surface area contributed by atoms with E-state index in [4.69, 9.17) is 5.11 Å². The Bertz CT molecular complexity index is 685. The standard InChI is InChI=1S/C18H21F2NO3/c1-11-4-5-12(19)16(17(11)20)13-3-2-8-21(13)14(22)9-18(6-7-18)10-15(23)24/h4-5,13H,2-3,6-10H2,1H3,(H,23,24). The highest BCUT2D eigenvalue weighted by Gasteiger charge is 2.47. The fourth-order valence-corrected chi connectivity index (χ4v) is 3.69. The van der Waals surface area contributed by atoms with Crippen LogP contribution in [0.2, 0.25) is 0 Å². The minimum absolute atomic E-state index is 0.0234. The minimum Gasteiger partial charge on any atom is -0.481 e. The second-order valence-electron chi connectivity index (χ2n) is 7.08. The van der Waals surface area contributed by atoms with Crippen LogP contribution in [0.5, 0.6) is 0 Å². The normalized spacial score (nSPS) is 21.8. The van der Waals surface area contributed by atoms with E-state index in [0.717, 1.165) is 12.8 Å². The fourth-order valence-electron chi connectivity index (χ4n) is 3.69. The van der Waals surface area contributed by atoms with Crippen molar-refractivity contribution in [2.45, 2.75) is 51.5 Å². The molecule has 2 aliphatic rings. The van der Waals surface area contributed by atoms with Crippen molar-refractivity contribution in [2.75, 3.05) is 6.54 Å². The minimum atomic E-state index is -0.908. The van der Waals surface area contributed by atoms with E-state index in [1.807, 2.05) is 0 Å². The van der Waals surface area contributed by atoms with E-state index in [9.17, 15) is 18.4 Å². The lowest BCUT2D eigenvalue weighted by Crippen LogP contribution is -2.33. The molecule has 1 unspecified atom stereocenters. The molecular formula is C18H21F2NO3. The second kappa shape index (κ2) is 6.15. The van der Waals surface area contributed by atoms with Crippen molar-refractivity contribution in [1.82, 2.24) is 4.90 Å². The third-order valence-corrected chi connectivity index (χ3v) is 5.24. The number of carboxylic acid groups (broad SMARTS) is 1. The number of hydrogen-bond donors (Lipinski definition) is 1. The second-order valence-corrected chi connectivity index (χ2v) is 7.08. The predicted molar refractivity (Wildman–Crippen MR) is 83.3 cm³/mol. The molecule has 0 aromatic heterocycles. The highest BCUT2D eigenvalue weighted by molar-refractivity contribution is 5.79. The molecular weight excluding hydrogens is 316 g/mol. The van der Waals surface area contributed by atoms with Crippen molar-refractivity contribution in [3.05, 3.63) is 34.9 Å². The van der Waals surface area contributed by atoms with Gasteiger partial charge in [0.15, 0.2) is 0 Å². The first kappa shape index (κ1) is 16.9. The Morgan fingerprint density at radius 2 is 2.00 bits per heavy atom. The zero-order valence-corrected chi connectivity index (χ0v) is 13.6. The summed E-state index contributed by atoms with van der Waals surface area (Å²) in [6, 6.07) is 2.03. The number of amides is 1. The highest BCUT2D eigenvalue weighted by Crippen LogP contribution is 2.52. The Balaban J connectivity index is 1.80. The van der Waals surface area contributed by atoms with Crippen molar-refractivity contribution in [3.63, 3.8) is 0 Å². The number of rotatable bonds is 5.